The van der Waals surface area contributed by atoms with Crippen LogP contribution in [-0.2, 0) is 4.79 Å². The second-order valence-corrected chi connectivity index (χ2v) is 4.58. The summed E-state index contributed by atoms with van der Waals surface area (Å²) in [5.41, 5.74) is 2.16. The summed E-state index contributed by atoms with van der Waals surface area (Å²) in [5, 5.41) is 0. The third kappa shape index (κ3) is 1.54. The molecule has 1 aromatic carbocycles. The van der Waals surface area contributed by atoms with Crippen LogP contribution in [0.25, 0.3) is 6.08 Å². The summed E-state index contributed by atoms with van der Waals surface area (Å²) in [6.07, 6.45) is 4.35. The Morgan fingerprint density at radius 3 is 2.44 bits per heavy atom. The lowest BCUT2D eigenvalue weighted by Crippen LogP contribution is -2.47. The lowest BCUT2D eigenvalue weighted by atomic mass is 9.82. The number of hydrogen-bond acceptors (Lipinski definition) is 1. The van der Waals surface area contributed by atoms with Crippen LogP contribution in [0.3, 0.4) is 0 Å². The molecule has 0 radical (unpaired) electrons. The Labute approximate surface area is 95.6 Å². The molecule has 0 spiro atoms. The zero-order valence-corrected chi connectivity index (χ0v) is 9.23. The van der Waals surface area contributed by atoms with Crippen LogP contribution >= 0.6 is 0 Å². The van der Waals surface area contributed by atoms with Crippen molar-refractivity contribution in [1.29, 1.82) is 0 Å². The normalized spacial score (nSPS) is 23.1. The molecular weight excluding hydrogens is 198 g/mol. The highest BCUT2D eigenvalue weighted by atomic mass is 16.2. The average Bonchev–Trinajstić information content (AvgIpc) is 2.36. The van der Waals surface area contributed by atoms with Crippen LogP contribution < -0.4 is 0 Å². The van der Waals surface area contributed by atoms with Crippen LogP contribution in [0.2, 0.25) is 0 Å². The highest BCUT2D eigenvalue weighted by Crippen LogP contribution is 2.33. The Hall–Kier alpha value is -1.57. The van der Waals surface area contributed by atoms with E-state index in [0.717, 1.165) is 37.1 Å². The van der Waals surface area contributed by atoms with Crippen molar-refractivity contribution in [1.82, 2.24) is 4.90 Å². The van der Waals surface area contributed by atoms with Crippen LogP contribution in [0, 0.1) is 5.92 Å². The number of nitrogens with zero attached hydrogens (tertiary/aromatic N) is 1. The Kier molecular flexibility index (Phi) is 2.28. The third-order valence-electron chi connectivity index (χ3n) is 3.59. The molecular formula is C14H15NO. The van der Waals surface area contributed by atoms with Crippen LogP contribution in [0.15, 0.2) is 35.9 Å². The molecule has 0 saturated carbocycles. The van der Waals surface area contributed by atoms with Gasteiger partial charge in [-0.25, -0.2) is 0 Å². The van der Waals surface area contributed by atoms with Crippen LogP contribution in [0.5, 0.6) is 0 Å². The smallest absolute Gasteiger partial charge is 0.250 e. The van der Waals surface area contributed by atoms with Crippen molar-refractivity contribution in [3.63, 3.8) is 0 Å². The van der Waals surface area contributed by atoms with E-state index in [1.165, 1.54) is 0 Å². The van der Waals surface area contributed by atoms with E-state index in [1.54, 1.807) is 0 Å². The second kappa shape index (κ2) is 3.78. The summed E-state index contributed by atoms with van der Waals surface area (Å²) < 4.78 is 0. The monoisotopic (exact) mass is 213 g/mol. The molecule has 3 fully saturated rings. The van der Waals surface area contributed by atoms with Gasteiger partial charge in [0.2, 0.25) is 5.91 Å². The van der Waals surface area contributed by atoms with Gasteiger partial charge in [0.1, 0.15) is 0 Å². The molecule has 0 unspecified atom stereocenters. The standard InChI is InChI=1S/C14H15NO/c16-14-13(10-11-4-2-1-3-5-11)12-6-8-15(14)9-7-12/h1-5,10,12H,6-9H2/b13-10-. The van der Waals surface area contributed by atoms with Crippen LogP contribution in [-0.4, -0.2) is 23.9 Å². The molecule has 0 aromatic heterocycles. The van der Waals surface area contributed by atoms with Gasteiger partial charge in [0, 0.05) is 18.7 Å². The largest absolute Gasteiger partial charge is 0.339 e. The molecule has 0 aliphatic carbocycles. The van der Waals surface area contributed by atoms with Gasteiger partial charge in [0.05, 0.1) is 0 Å². The van der Waals surface area contributed by atoms with Gasteiger partial charge >= 0.3 is 0 Å². The first-order valence-electron chi connectivity index (χ1n) is 5.90. The fourth-order valence-electron chi connectivity index (χ4n) is 2.66. The zero-order chi connectivity index (χ0) is 11.0. The van der Waals surface area contributed by atoms with E-state index in [-0.39, 0.29) is 5.91 Å². The topological polar surface area (TPSA) is 20.3 Å². The van der Waals surface area contributed by atoms with Gasteiger partial charge in [-0.3, -0.25) is 4.79 Å². The lowest BCUT2D eigenvalue weighted by molar-refractivity contribution is -0.132. The fraction of sp³-hybridized carbons (Fsp3) is 0.357. The van der Waals surface area contributed by atoms with Crippen LogP contribution in [0.4, 0.5) is 0 Å². The summed E-state index contributed by atoms with van der Waals surface area (Å²) >= 11 is 0. The molecule has 0 N–H and O–H groups in total. The van der Waals surface area contributed by atoms with Crippen molar-refractivity contribution >= 4 is 12.0 Å². The number of rotatable bonds is 1. The second-order valence-electron chi connectivity index (χ2n) is 4.58. The quantitative estimate of drug-likeness (QED) is 0.656. The molecule has 1 amide bonds. The number of carbonyl (C=O) groups excluding carboxylic acids is 1. The van der Waals surface area contributed by atoms with Gasteiger partial charge in [-0.1, -0.05) is 30.3 Å². The van der Waals surface area contributed by atoms with E-state index < -0.39 is 0 Å². The van der Waals surface area contributed by atoms with Gasteiger partial charge in [0.15, 0.2) is 0 Å². The number of amides is 1. The maximum atomic E-state index is 12.0. The minimum atomic E-state index is 0.256. The summed E-state index contributed by atoms with van der Waals surface area (Å²) in [6, 6.07) is 10.1. The summed E-state index contributed by atoms with van der Waals surface area (Å²) in [4.78, 5) is 14.0. The Balaban J connectivity index is 1.95. The molecule has 3 saturated heterocycles. The van der Waals surface area contributed by atoms with E-state index in [0.29, 0.717) is 5.92 Å². The Morgan fingerprint density at radius 2 is 1.81 bits per heavy atom. The fourth-order valence-corrected chi connectivity index (χ4v) is 2.66. The van der Waals surface area contributed by atoms with E-state index in [2.05, 4.69) is 18.2 Å². The average molecular weight is 213 g/mol. The van der Waals surface area contributed by atoms with E-state index in [9.17, 15) is 4.79 Å². The number of piperidine rings is 3. The van der Waals surface area contributed by atoms with Gasteiger partial charge < -0.3 is 4.90 Å². The van der Waals surface area contributed by atoms with Gasteiger partial charge in [-0.2, -0.15) is 0 Å². The lowest BCUT2D eigenvalue weighted by Gasteiger charge is -2.40. The van der Waals surface area contributed by atoms with Crippen LogP contribution in [0.1, 0.15) is 18.4 Å². The SMILES string of the molecule is O=C1/C(=C\c2ccccc2)C2CCN1CC2. The van der Waals surface area contributed by atoms with E-state index in [4.69, 9.17) is 0 Å². The predicted octanol–water partition coefficient (Wildman–Crippen LogP) is 2.32. The van der Waals surface area contributed by atoms with Gasteiger partial charge in [-0.05, 0) is 30.4 Å². The minimum absolute atomic E-state index is 0.256. The third-order valence-corrected chi connectivity index (χ3v) is 3.59. The molecule has 2 bridgehead atoms. The first kappa shape index (κ1) is 9.64. The molecule has 2 heteroatoms. The molecule has 4 rings (SSSR count). The first-order valence-corrected chi connectivity index (χ1v) is 5.90. The summed E-state index contributed by atoms with van der Waals surface area (Å²) in [7, 11) is 0. The molecule has 16 heavy (non-hydrogen) atoms. The highest BCUT2D eigenvalue weighted by Gasteiger charge is 2.35. The van der Waals surface area contributed by atoms with Crippen molar-refractivity contribution in [2.45, 2.75) is 12.8 Å². The van der Waals surface area contributed by atoms with E-state index in [1.807, 2.05) is 23.1 Å². The number of benzene rings is 1. The molecule has 2 nitrogen and oxygen atoms in total. The number of carbonyl (C=O) groups is 1. The summed E-state index contributed by atoms with van der Waals surface area (Å²) in [5.74, 6) is 0.754. The predicted molar refractivity (Wildman–Crippen MR) is 63.7 cm³/mol. The first-order chi connectivity index (χ1) is 7.84. The maximum Gasteiger partial charge on any atom is 0.250 e. The van der Waals surface area contributed by atoms with Gasteiger partial charge in [-0.15, -0.1) is 0 Å². The van der Waals surface area contributed by atoms with E-state index >= 15 is 0 Å². The van der Waals surface area contributed by atoms with Crippen molar-refractivity contribution in [2.24, 2.45) is 5.92 Å². The highest BCUT2D eigenvalue weighted by molar-refractivity contribution is 5.99. The zero-order valence-electron chi connectivity index (χ0n) is 9.23. The molecule has 3 aliphatic heterocycles. The minimum Gasteiger partial charge on any atom is -0.339 e. The van der Waals surface area contributed by atoms with Crippen molar-refractivity contribution < 1.29 is 4.79 Å². The Morgan fingerprint density at radius 1 is 1.12 bits per heavy atom. The van der Waals surface area contributed by atoms with Crippen molar-refractivity contribution in [2.75, 3.05) is 13.1 Å². The van der Waals surface area contributed by atoms with Crippen molar-refractivity contribution in [3.05, 3.63) is 41.5 Å². The number of fused-ring (bicyclic) bond motifs is 3. The Bertz CT molecular complexity index is 427. The maximum absolute atomic E-state index is 12.0. The molecule has 3 heterocycles. The molecule has 1 aromatic rings. The van der Waals surface area contributed by atoms with Crippen molar-refractivity contribution in [3.8, 4) is 0 Å². The number of hydrogen-bond donors (Lipinski definition) is 0. The molecule has 3 aliphatic rings. The molecule has 82 valence electrons. The summed E-state index contributed by atoms with van der Waals surface area (Å²) in [6.45, 7) is 1.91. The van der Waals surface area contributed by atoms with Gasteiger partial charge in [0.25, 0.3) is 0 Å². The molecule has 0 atom stereocenters.